The van der Waals surface area contributed by atoms with Crippen molar-refractivity contribution in [2.24, 2.45) is 5.92 Å². The fourth-order valence-corrected chi connectivity index (χ4v) is 2.87. The van der Waals surface area contributed by atoms with Gasteiger partial charge >= 0.3 is 0 Å². The van der Waals surface area contributed by atoms with Gasteiger partial charge in [0.2, 0.25) is 0 Å². The zero-order valence-electron chi connectivity index (χ0n) is 14.5. The Morgan fingerprint density at radius 1 is 1.29 bits per heavy atom. The Morgan fingerprint density at radius 3 is 2.46 bits per heavy atom. The van der Waals surface area contributed by atoms with Crippen molar-refractivity contribution >= 4 is 23.3 Å². The summed E-state index contributed by atoms with van der Waals surface area (Å²) in [5, 5.41) is 3.02. The molecule has 0 radical (unpaired) electrons. The Bertz CT molecular complexity index is 610. The van der Waals surface area contributed by atoms with E-state index in [1.54, 1.807) is 19.1 Å². The van der Waals surface area contributed by atoms with E-state index in [-0.39, 0.29) is 16.6 Å². The molecule has 1 aromatic rings. The van der Waals surface area contributed by atoms with Gasteiger partial charge in [0.1, 0.15) is 5.69 Å². The Kier molecular flexibility index (Phi) is 6.21. The topological polar surface area (TPSA) is 68.3 Å². The zero-order valence-corrected chi connectivity index (χ0v) is 15.3. The van der Waals surface area contributed by atoms with Crippen molar-refractivity contribution in [2.75, 3.05) is 6.61 Å². The lowest BCUT2D eigenvalue weighted by molar-refractivity contribution is -0.125. The molecular weight excluding hydrogens is 328 g/mol. The predicted octanol–water partition coefficient (Wildman–Crippen LogP) is 3.79. The number of Topliss-reactive ketones (excluding diaryl/α,β-unsaturated/α-hetero) is 1. The monoisotopic (exact) mass is 352 g/mol. The lowest BCUT2D eigenvalue weighted by Crippen LogP contribution is -2.53. The predicted molar refractivity (Wildman–Crippen MR) is 93.5 cm³/mol. The minimum absolute atomic E-state index is 0.0244. The quantitative estimate of drug-likeness (QED) is 0.686. The minimum atomic E-state index is -0.846. The van der Waals surface area contributed by atoms with E-state index in [4.69, 9.17) is 16.3 Å². The summed E-state index contributed by atoms with van der Waals surface area (Å²) >= 11 is 6.12. The summed E-state index contributed by atoms with van der Waals surface area (Å²) in [4.78, 5) is 28.9. The summed E-state index contributed by atoms with van der Waals surface area (Å²) in [5.41, 5.74) is -0.657. The number of ether oxygens (including phenoxy) is 1. The van der Waals surface area contributed by atoms with E-state index in [1.807, 2.05) is 13.8 Å². The van der Waals surface area contributed by atoms with Crippen molar-refractivity contribution in [1.82, 2.24) is 10.3 Å². The first kappa shape index (κ1) is 18.7. The molecule has 0 aromatic carbocycles. The molecular formula is C18H25ClN2O3. The third-order valence-corrected chi connectivity index (χ3v) is 4.90. The van der Waals surface area contributed by atoms with E-state index >= 15 is 0 Å². The largest absolute Gasteiger partial charge is 0.490 e. The maximum Gasteiger partial charge on any atom is 0.270 e. The van der Waals surface area contributed by atoms with Crippen molar-refractivity contribution in [3.05, 3.63) is 23.0 Å². The molecule has 0 bridgehead atoms. The third-order valence-electron chi connectivity index (χ3n) is 4.63. The number of nitrogens with one attached hydrogen (secondary N) is 1. The highest BCUT2D eigenvalue weighted by molar-refractivity contribution is 6.31. The summed E-state index contributed by atoms with van der Waals surface area (Å²) in [6.45, 7) is 6.22. The molecule has 1 aliphatic rings. The summed E-state index contributed by atoms with van der Waals surface area (Å²) in [5.74, 6) is 0.730. The van der Waals surface area contributed by atoms with Crippen LogP contribution in [0, 0.1) is 5.92 Å². The highest BCUT2D eigenvalue weighted by atomic mass is 35.5. The van der Waals surface area contributed by atoms with E-state index in [2.05, 4.69) is 10.3 Å². The molecule has 0 aliphatic heterocycles. The maximum absolute atomic E-state index is 12.5. The lowest BCUT2D eigenvalue weighted by atomic mass is 9.86. The van der Waals surface area contributed by atoms with Gasteiger partial charge in [0.15, 0.2) is 16.7 Å². The molecule has 1 heterocycles. The first-order valence-electron chi connectivity index (χ1n) is 8.60. The minimum Gasteiger partial charge on any atom is -0.490 e. The highest BCUT2D eigenvalue weighted by Gasteiger charge is 2.35. The number of hydrogen-bond donors (Lipinski definition) is 1. The molecule has 0 atom stereocenters. The number of rotatable bonds is 9. The molecule has 6 heteroatoms. The van der Waals surface area contributed by atoms with E-state index < -0.39 is 11.4 Å². The summed E-state index contributed by atoms with van der Waals surface area (Å²) in [7, 11) is 0. The number of hydrogen-bond acceptors (Lipinski definition) is 4. The molecule has 1 aliphatic carbocycles. The fraction of sp³-hybridized carbons (Fsp3) is 0.611. The summed E-state index contributed by atoms with van der Waals surface area (Å²) in [6, 6.07) is 3.24. The van der Waals surface area contributed by atoms with Crippen molar-refractivity contribution in [3.63, 3.8) is 0 Å². The van der Waals surface area contributed by atoms with E-state index in [0.717, 1.165) is 0 Å². The summed E-state index contributed by atoms with van der Waals surface area (Å²) in [6.07, 6.45) is 3.83. The van der Waals surface area contributed by atoms with Gasteiger partial charge in [-0.25, -0.2) is 4.98 Å². The van der Waals surface area contributed by atoms with Gasteiger partial charge in [0.05, 0.1) is 12.1 Å². The van der Waals surface area contributed by atoms with Crippen LogP contribution in [0.1, 0.15) is 63.4 Å². The lowest BCUT2D eigenvalue weighted by Gasteiger charge is -2.31. The van der Waals surface area contributed by atoms with Crippen LogP contribution in [-0.4, -0.2) is 28.8 Å². The van der Waals surface area contributed by atoms with Crippen LogP contribution in [0.2, 0.25) is 5.15 Å². The number of pyridine rings is 1. The molecule has 0 spiro atoms. The number of amides is 1. The summed E-state index contributed by atoms with van der Waals surface area (Å²) < 4.78 is 5.61. The molecule has 1 saturated carbocycles. The third kappa shape index (κ3) is 4.26. The van der Waals surface area contributed by atoms with E-state index in [9.17, 15) is 9.59 Å². The number of halogens is 1. The first-order chi connectivity index (χ1) is 11.5. The normalized spacial score (nSPS) is 14.3. The number of nitrogens with zero attached hydrogens (tertiary/aromatic N) is 1. The van der Waals surface area contributed by atoms with Crippen LogP contribution in [-0.2, 0) is 4.79 Å². The molecule has 1 amide bonds. The second-order valence-electron chi connectivity index (χ2n) is 6.26. The Labute approximate surface area is 148 Å². The molecule has 1 aromatic heterocycles. The zero-order chi connectivity index (χ0) is 17.7. The molecule has 24 heavy (non-hydrogen) atoms. The number of aromatic nitrogens is 1. The van der Waals surface area contributed by atoms with Crippen LogP contribution in [0.5, 0.6) is 5.75 Å². The Hall–Kier alpha value is -1.62. The second kappa shape index (κ2) is 7.97. The number of carbonyl (C=O) groups is 2. The fourth-order valence-electron chi connectivity index (χ4n) is 2.66. The second-order valence-corrected chi connectivity index (χ2v) is 6.62. The first-order valence-corrected chi connectivity index (χ1v) is 8.98. The molecule has 5 nitrogen and oxygen atoms in total. The molecule has 0 saturated heterocycles. The van der Waals surface area contributed by atoms with Crippen LogP contribution in [0.25, 0.3) is 0 Å². The van der Waals surface area contributed by atoms with Gasteiger partial charge in [-0.1, -0.05) is 32.4 Å². The van der Waals surface area contributed by atoms with Crippen LogP contribution in [0.15, 0.2) is 12.1 Å². The van der Waals surface area contributed by atoms with Gasteiger partial charge in [-0.15, -0.1) is 0 Å². The average molecular weight is 353 g/mol. The van der Waals surface area contributed by atoms with Crippen molar-refractivity contribution < 1.29 is 14.3 Å². The Morgan fingerprint density at radius 2 is 1.96 bits per heavy atom. The van der Waals surface area contributed by atoms with Crippen LogP contribution in [0.4, 0.5) is 0 Å². The highest BCUT2D eigenvalue weighted by Crippen LogP contribution is 2.31. The smallest absolute Gasteiger partial charge is 0.270 e. The van der Waals surface area contributed by atoms with Crippen LogP contribution < -0.4 is 10.1 Å². The number of ketones is 1. The van der Waals surface area contributed by atoms with Gasteiger partial charge in [-0.2, -0.15) is 0 Å². The van der Waals surface area contributed by atoms with Crippen LogP contribution >= 0.6 is 11.6 Å². The maximum atomic E-state index is 12.5. The average Bonchev–Trinajstić information content (AvgIpc) is 3.42. The standard InChI is InChI=1S/C18H25ClN2O3/c1-4-15(22)18(5-2,6-3)21-17(23)13-9-10-14(16(19)20-13)24-11-12-7-8-12/h9-10,12H,4-8,11H2,1-3H3,(H,21,23). The molecule has 1 fully saturated rings. The van der Waals surface area contributed by atoms with Crippen molar-refractivity contribution in [2.45, 2.75) is 58.4 Å². The molecule has 1 N–H and O–H groups in total. The van der Waals surface area contributed by atoms with Gasteiger partial charge in [0, 0.05) is 6.42 Å². The van der Waals surface area contributed by atoms with Crippen molar-refractivity contribution in [1.29, 1.82) is 0 Å². The molecule has 0 unspecified atom stereocenters. The van der Waals surface area contributed by atoms with Crippen LogP contribution in [0.3, 0.4) is 0 Å². The molecule has 2 rings (SSSR count). The van der Waals surface area contributed by atoms with Gasteiger partial charge in [0.25, 0.3) is 5.91 Å². The SMILES string of the molecule is CCC(=O)C(CC)(CC)NC(=O)c1ccc(OCC2CC2)c(Cl)n1. The Balaban J connectivity index is 2.10. The van der Waals surface area contributed by atoms with Gasteiger partial charge in [-0.3, -0.25) is 9.59 Å². The van der Waals surface area contributed by atoms with Gasteiger partial charge < -0.3 is 10.1 Å². The van der Waals surface area contributed by atoms with E-state index in [0.29, 0.717) is 37.5 Å². The van der Waals surface area contributed by atoms with Gasteiger partial charge in [-0.05, 0) is 43.7 Å². The number of carbonyl (C=O) groups excluding carboxylic acids is 2. The van der Waals surface area contributed by atoms with E-state index in [1.165, 1.54) is 12.8 Å². The van der Waals surface area contributed by atoms with Crippen molar-refractivity contribution in [3.8, 4) is 5.75 Å². The molecule has 132 valence electrons.